The van der Waals surface area contributed by atoms with Gasteiger partial charge in [0.05, 0.1) is 37.2 Å². The number of aliphatic hydroxyl groups is 1. The maximum atomic E-state index is 14.0. The van der Waals surface area contributed by atoms with Gasteiger partial charge in [-0.25, -0.2) is 9.55 Å². The van der Waals surface area contributed by atoms with Gasteiger partial charge >= 0.3 is 13.7 Å². The first-order valence-corrected chi connectivity index (χ1v) is 14.8. The van der Waals surface area contributed by atoms with Gasteiger partial charge < -0.3 is 29.4 Å². The van der Waals surface area contributed by atoms with Gasteiger partial charge in [-0.2, -0.15) is 15.1 Å². The maximum Gasteiger partial charge on any atom is 0.459 e. The number of imidazole rings is 1. The fraction of sp³-hybridized carbons (Fsp3) is 0.481. The SMILES string of the molecule is C#C[C@]1(CO[P@@](=O)(N[C@@H](C)C(=O)OC(C)C)Oc2ccccc2)C[C@@H](n2cnc3c(OCC)nc(N)nc32)C[C@@H]1O. The van der Waals surface area contributed by atoms with Crippen molar-refractivity contribution in [2.45, 2.75) is 64.8 Å². The number of ether oxygens (including phenoxy) is 2. The predicted molar refractivity (Wildman–Crippen MR) is 151 cm³/mol. The van der Waals surface area contributed by atoms with Gasteiger partial charge in [0.15, 0.2) is 11.2 Å². The predicted octanol–water partition coefficient (Wildman–Crippen LogP) is 3.26. The van der Waals surface area contributed by atoms with Gasteiger partial charge in [0, 0.05) is 6.04 Å². The van der Waals surface area contributed by atoms with Gasteiger partial charge in [0.1, 0.15) is 11.8 Å². The first-order valence-electron chi connectivity index (χ1n) is 13.3. The second kappa shape index (κ2) is 12.4. The minimum atomic E-state index is -4.20. The van der Waals surface area contributed by atoms with Crippen LogP contribution in [0.25, 0.3) is 11.2 Å². The third kappa shape index (κ3) is 6.80. The first kappa shape index (κ1) is 30.3. The number of carbonyl (C=O) groups is 1. The third-order valence-corrected chi connectivity index (χ3v) is 8.24. The zero-order valence-electron chi connectivity index (χ0n) is 23.4. The number of hydrogen-bond donors (Lipinski definition) is 3. The number of aromatic nitrogens is 4. The number of nitrogens with zero attached hydrogens (tertiary/aromatic N) is 4. The van der Waals surface area contributed by atoms with Crippen molar-refractivity contribution >= 4 is 30.8 Å². The van der Waals surface area contributed by atoms with E-state index in [4.69, 9.17) is 30.7 Å². The van der Waals surface area contributed by atoms with E-state index < -0.39 is 31.3 Å². The highest BCUT2D eigenvalue weighted by Crippen LogP contribution is 2.51. The molecule has 0 spiro atoms. The number of nitrogens with one attached hydrogen (secondary N) is 1. The van der Waals surface area contributed by atoms with Crippen LogP contribution in [-0.2, 0) is 18.6 Å². The summed E-state index contributed by atoms with van der Waals surface area (Å²) in [5.74, 6) is 2.55. The van der Waals surface area contributed by atoms with Crippen LogP contribution >= 0.6 is 7.75 Å². The van der Waals surface area contributed by atoms with E-state index in [1.54, 1.807) is 55.1 Å². The molecule has 14 heteroatoms. The van der Waals surface area contributed by atoms with Crippen LogP contribution < -0.4 is 20.1 Å². The molecule has 3 aromatic rings. The highest BCUT2D eigenvalue weighted by molar-refractivity contribution is 7.52. The van der Waals surface area contributed by atoms with Crippen LogP contribution in [0.2, 0.25) is 0 Å². The summed E-state index contributed by atoms with van der Waals surface area (Å²) in [6.07, 6.45) is 6.59. The Bertz CT molecular complexity index is 1460. The lowest BCUT2D eigenvalue weighted by Crippen LogP contribution is -2.38. The quantitative estimate of drug-likeness (QED) is 0.161. The molecule has 1 saturated carbocycles. The number of carbonyl (C=O) groups excluding carboxylic acids is 1. The van der Waals surface area contributed by atoms with Crippen LogP contribution in [0.4, 0.5) is 5.95 Å². The molecule has 1 aliphatic rings. The molecule has 1 aliphatic carbocycles. The number of nitrogens with two attached hydrogens (primary N) is 1. The van der Waals surface area contributed by atoms with Gasteiger partial charge in [-0.1, -0.05) is 24.1 Å². The summed E-state index contributed by atoms with van der Waals surface area (Å²) in [5.41, 5.74) is 5.52. The number of esters is 1. The Morgan fingerprint density at radius 2 is 2.05 bits per heavy atom. The molecule has 0 bridgehead atoms. The molecule has 0 radical (unpaired) electrons. The summed E-state index contributed by atoms with van der Waals surface area (Å²) < 4.78 is 38.1. The highest BCUT2D eigenvalue weighted by Gasteiger charge is 2.49. The molecule has 0 saturated heterocycles. The molecule has 0 amide bonds. The van der Waals surface area contributed by atoms with Crippen LogP contribution in [0, 0.1) is 17.8 Å². The normalized spacial score (nSPS) is 22.7. The van der Waals surface area contributed by atoms with Gasteiger partial charge in [0.2, 0.25) is 11.8 Å². The van der Waals surface area contributed by atoms with E-state index in [0.717, 1.165) is 0 Å². The van der Waals surface area contributed by atoms with Crippen molar-refractivity contribution in [2.75, 3.05) is 18.9 Å². The molecule has 0 aliphatic heterocycles. The Hall–Kier alpha value is -3.69. The van der Waals surface area contributed by atoms with Crippen molar-refractivity contribution in [3.63, 3.8) is 0 Å². The first-order chi connectivity index (χ1) is 19.5. The lowest BCUT2D eigenvalue weighted by molar-refractivity contribution is -0.149. The van der Waals surface area contributed by atoms with E-state index in [1.165, 1.54) is 6.92 Å². The van der Waals surface area contributed by atoms with Gasteiger partial charge in [-0.15, -0.1) is 6.42 Å². The molecule has 5 atom stereocenters. The maximum absolute atomic E-state index is 14.0. The van der Waals surface area contributed by atoms with E-state index in [2.05, 4.69) is 26.0 Å². The van der Waals surface area contributed by atoms with Crippen molar-refractivity contribution in [1.29, 1.82) is 0 Å². The summed E-state index contributed by atoms with van der Waals surface area (Å²) in [7, 11) is -4.20. The molecule has 4 rings (SSSR count). The minimum Gasteiger partial charge on any atom is -0.476 e. The number of rotatable bonds is 12. The molecular weight excluding hydrogens is 551 g/mol. The Balaban J connectivity index is 1.57. The Kier molecular flexibility index (Phi) is 9.19. The minimum absolute atomic E-state index is 0.0166. The number of terminal acetylenes is 1. The number of aliphatic hydroxyl groups excluding tert-OH is 1. The van der Waals surface area contributed by atoms with E-state index in [9.17, 15) is 14.5 Å². The molecule has 41 heavy (non-hydrogen) atoms. The summed E-state index contributed by atoms with van der Waals surface area (Å²) in [5, 5.41) is 13.8. The molecule has 4 N–H and O–H groups in total. The van der Waals surface area contributed by atoms with Crippen LogP contribution in [0.5, 0.6) is 11.6 Å². The average Bonchev–Trinajstić information content (AvgIpc) is 3.49. The van der Waals surface area contributed by atoms with Crippen molar-refractivity contribution in [2.24, 2.45) is 5.41 Å². The Morgan fingerprint density at radius 3 is 2.71 bits per heavy atom. The van der Waals surface area contributed by atoms with Crippen LogP contribution in [-0.4, -0.2) is 62.1 Å². The largest absolute Gasteiger partial charge is 0.476 e. The summed E-state index contributed by atoms with van der Waals surface area (Å²) in [6.45, 7) is 6.75. The summed E-state index contributed by atoms with van der Waals surface area (Å²) in [6, 6.07) is 6.99. The zero-order chi connectivity index (χ0) is 29.8. The highest BCUT2D eigenvalue weighted by atomic mass is 31.2. The van der Waals surface area contributed by atoms with Gasteiger partial charge in [-0.05, 0) is 52.7 Å². The van der Waals surface area contributed by atoms with Crippen LogP contribution in [0.1, 0.15) is 46.6 Å². The van der Waals surface area contributed by atoms with Gasteiger partial charge in [-0.3, -0.25) is 9.32 Å². The monoisotopic (exact) mass is 586 g/mol. The third-order valence-electron chi connectivity index (χ3n) is 6.62. The number of hydrogen-bond acceptors (Lipinski definition) is 11. The van der Waals surface area contributed by atoms with Crippen molar-refractivity contribution in [3.8, 4) is 24.0 Å². The second-order valence-corrected chi connectivity index (χ2v) is 11.8. The number of para-hydroxylation sites is 1. The fourth-order valence-corrected chi connectivity index (χ4v) is 6.19. The Morgan fingerprint density at radius 1 is 1.32 bits per heavy atom. The molecule has 2 heterocycles. The van der Waals surface area contributed by atoms with E-state index in [0.29, 0.717) is 17.8 Å². The van der Waals surface area contributed by atoms with Crippen molar-refractivity contribution in [1.82, 2.24) is 24.6 Å². The fourth-order valence-electron chi connectivity index (χ4n) is 4.63. The standard InChI is InChI=1S/C27H35N6O7P/c1-6-27(14-19(13-21(27)34)33-16-29-22-23(33)30-26(28)31-24(22)37-7-2)15-38-41(36,40-20-11-9-8-10-12-20)32-18(5)25(35)39-17(3)4/h1,8-12,16-19,21,34H,7,13-15H2,2-5H3,(H,32,36)(H2,28,30,31)/t18-,19-,21-,27+,41-/m0/s1. The molecule has 220 valence electrons. The number of nitrogen functional groups attached to an aromatic ring is 1. The zero-order valence-corrected chi connectivity index (χ0v) is 24.3. The van der Waals surface area contributed by atoms with E-state index in [1.807, 2.05) is 6.92 Å². The lowest BCUT2D eigenvalue weighted by atomic mass is 9.86. The average molecular weight is 587 g/mol. The van der Waals surface area contributed by atoms with E-state index in [-0.39, 0.29) is 49.2 Å². The lowest BCUT2D eigenvalue weighted by Gasteiger charge is -2.30. The Labute approximate surface area is 238 Å². The topological polar surface area (TPSA) is 173 Å². The number of benzene rings is 1. The van der Waals surface area contributed by atoms with Crippen LogP contribution in [0.15, 0.2) is 36.7 Å². The molecule has 1 aromatic carbocycles. The summed E-state index contributed by atoms with van der Waals surface area (Å²) >= 11 is 0. The number of fused-ring (bicyclic) bond motifs is 1. The van der Waals surface area contributed by atoms with Gasteiger partial charge in [0.25, 0.3) is 0 Å². The molecule has 0 unspecified atom stereocenters. The van der Waals surface area contributed by atoms with Crippen molar-refractivity contribution in [3.05, 3.63) is 36.7 Å². The van der Waals surface area contributed by atoms with E-state index >= 15 is 0 Å². The molecule has 13 nitrogen and oxygen atoms in total. The van der Waals surface area contributed by atoms with Crippen molar-refractivity contribution < 1.29 is 33.0 Å². The number of anilines is 1. The van der Waals surface area contributed by atoms with Crippen LogP contribution in [0.3, 0.4) is 0 Å². The molecule has 2 aromatic heterocycles. The molecular formula is C27H35N6O7P. The summed E-state index contributed by atoms with van der Waals surface area (Å²) in [4.78, 5) is 25.3. The smallest absolute Gasteiger partial charge is 0.459 e. The second-order valence-electron chi connectivity index (χ2n) is 10.1. The molecule has 1 fully saturated rings.